The van der Waals surface area contributed by atoms with E-state index in [0.29, 0.717) is 56.6 Å². The predicted octanol–water partition coefficient (Wildman–Crippen LogP) is 1.89. The van der Waals surface area contributed by atoms with Gasteiger partial charge in [0.1, 0.15) is 0 Å². The molecule has 1 fully saturated rings. The molecular formula is C19H26N4O3. The number of rotatable bonds is 6. The second-order valence-electron chi connectivity index (χ2n) is 6.49. The second-order valence-corrected chi connectivity index (χ2v) is 6.49. The first-order valence-electron chi connectivity index (χ1n) is 8.88. The van der Waals surface area contributed by atoms with Crippen LogP contribution in [-0.2, 0) is 4.74 Å². The van der Waals surface area contributed by atoms with Crippen molar-refractivity contribution in [2.75, 3.05) is 33.4 Å². The van der Waals surface area contributed by atoms with Gasteiger partial charge in [0.15, 0.2) is 0 Å². The van der Waals surface area contributed by atoms with Gasteiger partial charge in [0.25, 0.3) is 5.91 Å². The molecule has 7 heteroatoms. The molecule has 1 heterocycles. The number of nitriles is 1. The lowest BCUT2D eigenvalue weighted by Crippen LogP contribution is -2.58. The number of piperidine rings is 1. The number of carbonyl (C=O) groups is 2. The summed E-state index contributed by atoms with van der Waals surface area (Å²) in [5.41, 5.74) is 0.617. The number of nitrogens with zero attached hydrogens (tertiary/aromatic N) is 2. The van der Waals surface area contributed by atoms with Gasteiger partial charge < -0.3 is 20.3 Å². The molecule has 0 aliphatic carbocycles. The van der Waals surface area contributed by atoms with Gasteiger partial charge in [-0.25, -0.2) is 4.79 Å². The molecule has 7 nitrogen and oxygen atoms in total. The fraction of sp³-hybridized carbons (Fsp3) is 0.526. The van der Waals surface area contributed by atoms with E-state index in [-0.39, 0.29) is 17.5 Å². The van der Waals surface area contributed by atoms with Gasteiger partial charge in [-0.3, -0.25) is 4.79 Å². The molecular weight excluding hydrogens is 332 g/mol. The molecule has 26 heavy (non-hydrogen) atoms. The van der Waals surface area contributed by atoms with E-state index in [1.165, 1.54) is 0 Å². The smallest absolute Gasteiger partial charge is 0.315 e. The van der Waals surface area contributed by atoms with E-state index in [2.05, 4.69) is 16.7 Å². The van der Waals surface area contributed by atoms with E-state index < -0.39 is 0 Å². The third-order valence-electron chi connectivity index (χ3n) is 4.75. The number of methoxy groups -OCH3 is 1. The van der Waals surface area contributed by atoms with Crippen LogP contribution in [0.2, 0.25) is 0 Å². The number of carbonyl (C=O) groups excluding carboxylic acids is 2. The molecule has 1 aliphatic rings. The third kappa shape index (κ3) is 4.96. The highest BCUT2D eigenvalue weighted by atomic mass is 16.5. The minimum atomic E-state index is -0.374. The van der Waals surface area contributed by atoms with Gasteiger partial charge >= 0.3 is 6.03 Å². The van der Waals surface area contributed by atoms with Gasteiger partial charge in [0.2, 0.25) is 0 Å². The normalized spacial score (nSPS) is 15.8. The van der Waals surface area contributed by atoms with Crippen molar-refractivity contribution in [2.24, 2.45) is 0 Å². The molecule has 2 rings (SSSR count). The van der Waals surface area contributed by atoms with E-state index in [4.69, 9.17) is 10.00 Å². The Hall–Kier alpha value is -2.59. The molecule has 0 atom stereocenters. The monoisotopic (exact) mass is 358 g/mol. The second kappa shape index (κ2) is 9.20. The number of ether oxygens (including phenoxy) is 1. The summed E-state index contributed by atoms with van der Waals surface area (Å²) < 4.78 is 5.20. The number of likely N-dealkylation sites (tertiary alicyclic amines) is 1. The standard InChI is InChI=1S/C19H26N4O3/c1-3-21-18(25)22-19(9-12-26-2)7-10-23(11-8-19)17(24)16-6-4-5-15(13-16)14-20/h4-6,13H,3,7-12H2,1-2H3,(H2,21,22,25). The third-order valence-corrected chi connectivity index (χ3v) is 4.75. The van der Waals surface area contributed by atoms with E-state index in [1.54, 1.807) is 36.3 Å². The Morgan fingerprint density at radius 3 is 2.69 bits per heavy atom. The summed E-state index contributed by atoms with van der Waals surface area (Å²) >= 11 is 0. The average molecular weight is 358 g/mol. The van der Waals surface area contributed by atoms with Crippen LogP contribution < -0.4 is 10.6 Å². The molecule has 1 aromatic carbocycles. The molecule has 0 spiro atoms. The van der Waals surface area contributed by atoms with Gasteiger partial charge in [-0.1, -0.05) is 6.07 Å². The Bertz CT molecular complexity index is 676. The maximum Gasteiger partial charge on any atom is 0.315 e. The summed E-state index contributed by atoms with van der Waals surface area (Å²) in [5.74, 6) is -0.0829. The molecule has 0 unspecified atom stereocenters. The van der Waals surface area contributed by atoms with Crippen LogP contribution in [0.1, 0.15) is 42.1 Å². The number of nitrogens with one attached hydrogen (secondary N) is 2. The highest BCUT2D eigenvalue weighted by molar-refractivity contribution is 5.94. The highest BCUT2D eigenvalue weighted by Gasteiger charge is 2.37. The van der Waals surface area contributed by atoms with Crippen molar-refractivity contribution < 1.29 is 14.3 Å². The first kappa shape index (κ1) is 19.7. The van der Waals surface area contributed by atoms with Gasteiger partial charge in [0.05, 0.1) is 11.6 Å². The van der Waals surface area contributed by atoms with Crippen LogP contribution in [0.15, 0.2) is 24.3 Å². The number of hydrogen-bond acceptors (Lipinski definition) is 4. The Morgan fingerprint density at radius 2 is 2.08 bits per heavy atom. The first-order valence-corrected chi connectivity index (χ1v) is 8.88. The van der Waals surface area contributed by atoms with Crippen molar-refractivity contribution >= 4 is 11.9 Å². The number of amides is 3. The molecule has 0 bridgehead atoms. The first-order chi connectivity index (χ1) is 12.5. The Kier molecular flexibility index (Phi) is 6.98. The molecule has 2 N–H and O–H groups in total. The van der Waals surface area contributed by atoms with Crippen LogP contribution in [0.4, 0.5) is 4.79 Å². The van der Waals surface area contributed by atoms with Crippen molar-refractivity contribution in [1.82, 2.24) is 15.5 Å². The van der Waals surface area contributed by atoms with Gasteiger partial charge in [-0.15, -0.1) is 0 Å². The molecule has 1 saturated heterocycles. The van der Waals surface area contributed by atoms with Crippen LogP contribution in [0.3, 0.4) is 0 Å². The van der Waals surface area contributed by atoms with Crippen molar-refractivity contribution in [3.8, 4) is 6.07 Å². The lowest BCUT2D eigenvalue weighted by atomic mass is 9.84. The topological polar surface area (TPSA) is 94.5 Å². The van der Waals surface area contributed by atoms with E-state index in [0.717, 1.165) is 0 Å². The summed E-state index contributed by atoms with van der Waals surface area (Å²) in [6.07, 6.45) is 2.03. The lowest BCUT2D eigenvalue weighted by Gasteiger charge is -2.42. The molecule has 140 valence electrons. The zero-order valence-electron chi connectivity index (χ0n) is 15.4. The van der Waals surface area contributed by atoms with Gasteiger partial charge in [-0.05, 0) is 44.4 Å². The molecule has 0 aromatic heterocycles. The van der Waals surface area contributed by atoms with E-state index in [1.807, 2.05) is 6.92 Å². The van der Waals surface area contributed by atoms with Crippen LogP contribution >= 0.6 is 0 Å². The maximum absolute atomic E-state index is 12.7. The molecule has 1 aromatic rings. The average Bonchev–Trinajstić information content (AvgIpc) is 2.66. The summed E-state index contributed by atoms with van der Waals surface area (Å²) in [4.78, 5) is 26.5. The quantitative estimate of drug-likeness (QED) is 0.812. The largest absolute Gasteiger partial charge is 0.385 e. The summed E-state index contributed by atoms with van der Waals surface area (Å²) in [7, 11) is 1.64. The van der Waals surface area contributed by atoms with Crippen molar-refractivity contribution in [3.63, 3.8) is 0 Å². The van der Waals surface area contributed by atoms with Gasteiger partial charge in [-0.2, -0.15) is 5.26 Å². The molecule has 0 saturated carbocycles. The lowest BCUT2D eigenvalue weighted by molar-refractivity contribution is 0.0603. The number of benzene rings is 1. The Morgan fingerprint density at radius 1 is 1.35 bits per heavy atom. The van der Waals surface area contributed by atoms with Crippen LogP contribution in [-0.4, -0.2) is 55.7 Å². The molecule has 3 amide bonds. The van der Waals surface area contributed by atoms with Crippen LogP contribution in [0.25, 0.3) is 0 Å². The highest BCUT2D eigenvalue weighted by Crippen LogP contribution is 2.27. The van der Waals surface area contributed by atoms with Crippen molar-refractivity contribution in [1.29, 1.82) is 5.26 Å². The maximum atomic E-state index is 12.7. The Balaban J connectivity index is 2.04. The number of urea groups is 1. The zero-order chi connectivity index (χ0) is 19.0. The fourth-order valence-electron chi connectivity index (χ4n) is 3.22. The summed E-state index contributed by atoms with van der Waals surface area (Å²) in [5, 5.41) is 14.8. The van der Waals surface area contributed by atoms with Crippen LogP contribution in [0, 0.1) is 11.3 Å². The molecule has 0 radical (unpaired) electrons. The minimum Gasteiger partial charge on any atom is -0.385 e. The van der Waals surface area contributed by atoms with E-state index in [9.17, 15) is 9.59 Å². The van der Waals surface area contributed by atoms with Crippen LogP contribution in [0.5, 0.6) is 0 Å². The summed E-state index contributed by atoms with van der Waals surface area (Å²) in [6, 6.07) is 8.60. The zero-order valence-corrected chi connectivity index (χ0v) is 15.4. The van der Waals surface area contributed by atoms with Crippen molar-refractivity contribution in [3.05, 3.63) is 35.4 Å². The molecule has 1 aliphatic heterocycles. The van der Waals surface area contributed by atoms with Crippen molar-refractivity contribution in [2.45, 2.75) is 31.7 Å². The number of hydrogen-bond donors (Lipinski definition) is 2. The minimum absolute atomic E-state index is 0.0829. The van der Waals surface area contributed by atoms with E-state index >= 15 is 0 Å². The fourth-order valence-corrected chi connectivity index (χ4v) is 3.22. The SMILES string of the molecule is CCNC(=O)NC1(CCOC)CCN(C(=O)c2cccc(C#N)c2)CC1. The Labute approximate surface area is 154 Å². The van der Waals surface area contributed by atoms with Gasteiger partial charge in [0, 0.05) is 44.5 Å². The predicted molar refractivity (Wildman–Crippen MR) is 97.7 cm³/mol. The summed E-state index contributed by atoms with van der Waals surface area (Å²) in [6.45, 7) is 4.08.